The average Bonchev–Trinajstić information content (AvgIpc) is 3.08. The summed E-state index contributed by atoms with van der Waals surface area (Å²) < 4.78 is 7.18. The van der Waals surface area contributed by atoms with Crippen molar-refractivity contribution in [2.45, 2.75) is 6.42 Å². The highest BCUT2D eigenvalue weighted by molar-refractivity contribution is 5.58. The van der Waals surface area contributed by atoms with Crippen LogP contribution in [0.25, 0.3) is 23.0 Å². The summed E-state index contributed by atoms with van der Waals surface area (Å²) in [5.74, 6) is 1.03. The molecule has 0 amide bonds. The second-order valence-corrected chi connectivity index (χ2v) is 4.55. The lowest BCUT2D eigenvalue weighted by Gasteiger charge is -2.00. The van der Waals surface area contributed by atoms with Gasteiger partial charge >= 0.3 is 0 Å². The third kappa shape index (κ3) is 2.33. The van der Waals surface area contributed by atoms with Crippen LogP contribution in [-0.2, 0) is 13.5 Å². The summed E-state index contributed by atoms with van der Waals surface area (Å²) in [6.45, 7) is 0.619. The predicted molar refractivity (Wildman–Crippen MR) is 74.7 cm³/mol. The van der Waals surface area contributed by atoms with Crippen LogP contribution in [0.1, 0.15) is 5.56 Å². The molecular formula is C14H15N5O. The molecule has 2 heterocycles. The molecule has 0 aliphatic heterocycles. The average molecular weight is 269 g/mol. The van der Waals surface area contributed by atoms with E-state index < -0.39 is 0 Å². The van der Waals surface area contributed by atoms with Crippen molar-refractivity contribution in [3.05, 3.63) is 42.4 Å². The first-order chi connectivity index (χ1) is 9.78. The zero-order valence-corrected chi connectivity index (χ0v) is 11.2. The monoisotopic (exact) mass is 269 g/mol. The van der Waals surface area contributed by atoms with E-state index in [0.717, 1.165) is 23.2 Å². The van der Waals surface area contributed by atoms with Gasteiger partial charge in [0.2, 0.25) is 5.82 Å². The second-order valence-electron chi connectivity index (χ2n) is 4.55. The molecule has 102 valence electrons. The van der Waals surface area contributed by atoms with Gasteiger partial charge in [-0.25, -0.2) is 4.98 Å². The molecule has 2 N–H and O–H groups in total. The molecular weight excluding hydrogens is 254 g/mol. The topological polar surface area (TPSA) is 82.8 Å². The van der Waals surface area contributed by atoms with Gasteiger partial charge in [0.15, 0.2) is 0 Å². The zero-order valence-electron chi connectivity index (χ0n) is 11.2. The van der Waals surface area contributed by atoms with E-state index in [4.69, 9.17) is 10.3 Å². The van der Waals surface area contributed by atoms with Crippen molar-refractivity contribution in [1.82, 2.24) is 19.7 Å². The van der Waals surface area contributed by atoms with E-state index in [1.165, 1.54) is 0 Å². The van der Waals surface area contributed by atoms with E-state index in [0.29, 0.717) is 18.3 Å². The lowest BCUT2D eigenvalue weighted by atomic mass is 10.1. The number of hydrogen-bond donors (Lipinski definition) is 1. The number of benzene rings is 1. The van der Waals surface area contributed by atoms with Crippen LogP contribution in [0.4, 0.5) is 0 Å². The molecule has 2 aromatic heterocycles. The summed E-state index contributed by atoms with van der Waals surface area (Å²) in [5.41, 5.74) is 8.45. The molecule has 3 aromatic rings. The van der Waals surface area contributed by atoms with Crippen molar-refractivity contribution in [3.63, 3.8) is 0 Å². The minimum absolute atomic E-state index is 0.500. The Balaban J connectivity index is 1.94. The molecule has 1 aromatic carbocycles. The van der Waals surface area contributed by atoms with Crippen molar-refractivity contribution in [2.24, 2.45) is 12.8 Å². The van der Waals surface area contributed by atoms with E-state index in [1.807, 2.05) is 35.9 Å². The summed E-state index contributed by atoms with van der Waals surface area (Å²) in [5, 5.41) is 4.00. The third-order valence-corrected chi connectivity index (χ3v) is 3.08. The Labute approximate surface area is 116 Å². The number of imidazole rings is 1. The standard InChI is InChI=1S/C14H15N5O/c1-19-9-16-8-12(19)13-17-14(20-18-13)11-4-2-3-10(7-11)5-6-15/h2-4,7-9H,5-6,15H2,1H3. The molecule has 0 aliphatic rings. The van der Waals surface area contributed by atoms with Crippen LogP contribution in [0.5, 0.6) is 0 Å². The Hall–Kier alpha value is -2.47. The van der Waals surface area contributed by atoms with Gasteiger partial charge in [-0.1, -0.05) is 17.3 Å². The normalized spacial score (nSPS) is 10.9. The smallest absolute Gasteiger partial charge is 0.258 e. The minimum Gasteiger partial charge on any atom is -0.334 e. The molecule has 0 fully saturated rings. The first kappa shape index (κ1) is 12.6. The van der Waals surface area contributed by atoms with Gasteiger partial charge in [0.25, 0.3) is 5.89 Å². The summed E-state index contributed by atoms with van der Waals surface area (Å²) in [6.07, 6.45) is 4.24. The first-order valence-electron chi connectivity index (χ1n) is 6.37. The van der Waals surface area contributed by atoms with E-state index in [1.54, 1.807) is 12.5 Å². The Morgan fingerprint density at radius 3 is 3.00 bits per heavy atom. The van der Waals surface area contributed by atoms with Gasteiger partial charge in [-0.05, 0) is 30.7 Å². The number of aryl methyl sites for hydroxylation is 1. The van der Waals surface area contributed by atoms with Gasteiger partial charge < -0.3 is 14.8 Å². The number of aromatic nitrogens is 4. The number of hydrogen-bond acceptors (Lipinski definition) is 5. The Morgan fingerprint density at radius 1 is 1.35 bits per heavy atom. The minimum atomic E-state index is 0.500. The van der Waals surface area contributed by atoms with E-state index >= 15 is 0 Å². The highest BCUT2D eigenvalue weighted by Gasteiger charge is 2.13. The van der Waals surface area contributed by atoms with Crippen LogP contribution in [0.15, 0.2) is 41.3 Å². The molecule has 0 aliphatic carbocycles. The summed E-state index contributed by atoms with van der Waals surface area (Å²) in [4.78, 5) is 8.46. The molecule has 0 unspecified atom stereocenters. The summed E-state index contributed by atoms with van der Waals surface area (Å²) in [6, 6.07) is 7.97. The molecule has 0 atom stereocenters. The van der Waals surface area contributed by atoms with Gasteiger partial charge in [0.1, 0.15) is 5.69 Å². The summed E-state index contributed by atoms with van der Waals surface area (Å²) in [7, 11) is 1.89. The second kappa shape index (κ2) is 5.26. The van der Waals surface area contributed by atoms with Crippen LogP contribution in [0, 0.1) is 0 Å². The SMILES string of the molecule is Cn1cncc1-c1noc(-c2cccc(CCN)c2)n1. The number of nitrogens with zero attached hydrogens (tertiary/aromatic N) is 4. The van der Waals surface area contributed by atoms with Crippen LogP contribution < -0.4 is 5.73 Å². The Kier molecular flexibility index (Phi) is 3.30. The van der Waals surface area contributed by atoms with Crippen LogP contribution in [0.3, 0.4) is 0 Å². The fourth-order valence-corrected chi connectivity index (χ4v) is 2.04. The van der Waals surface area contributed by atoms with Gasteiger partial charge in [0.05, 0.1) is 12.5 Å². The van der Waals surface area contributed by atoms with Gasteiger partial charge in [-0.3, -0.25) is 0 Å². The maximum atomic E-state index is 5.57. The van der Waals surface area contributed by atoms with Crippen LogP contribution in [-0.4, -0.2) is 26.2 Å². The van der Waals surface area contributed by atoms with Crippen LogP contribution in [0.2, 0.25) is 0 Å². The summed E-state index contributed by atoms with van der Waals surface area (Å²) >= 11 is 0. The fraction of sp³-hybridized carbons (Fsp3) is 0.214. The van der Waals surface area contributed by atoms with Gasteiger partial charge in [0, 0.05) is 12.6 Å². The van der Waals surface area contributed by atoms with Crippen molar-refractivity contribution < 1.29 is 4.52 Å². The van der Waals surface area contributed by atoms with E-state index in [-0.39, 0.29) is 0 Å². The third-order valence-electron chi connectivity index (χ3n) is 3.08. The van der Waals surface area contributed by atoms with Crippen molar-refractivity contribution in [3.8, 4) is 23.0 Å². The van der Waals surface area contributed by atoms with Gasteiger partial charge in [-0.2, -0.15) is 4.98 Å². The highest BCUT2D eigenvalue weighted by Crippen LogP contribution is 2.22. The van der Waals surface area contributed by atoms with E-state index in [9.17, 15) is 0 Å². The van der Waals surface area contributed by atoms with E-state index in [2.05, 4.69) is 15.1 Å². The lowest BCUT2D eigenvalue weighted by molar-refractivity contribution is 0.432. The largest absolute Gasteiger partial charge is 0.334 e. The van der Waals surface area contributed by atoms with Crippen molar-refractivity contribution >= 4 is 0 Å². The molecule has 3 rings (SSSR count). The molecule has 0 bridgehead atoms. The number of rotatable bonds is 4. The molecule has 0 radical (unpaired) electrons. The van der Waals surface area contributed by atoms with Crippen LogP contribution >= 0.6 is 0 Å². The quantitative estimate of drug-likeness (QED) is 0.778. The molecule has 0 spiro atoms. The maximum Gasteiger partial charge on any atom is 0.258 e. The number of nitrogens with two attached hydrogens (primary N) is 1. The highest BCUT2D eigenvalue weighted by atomic mass is 16.5. The zero-order chi connectivity index (χ0) is 13.9. The fourth-order valence-electron chi connectivity index (χ4n) is 2.04. The lowest BCUT2D eigenvalue weighted by Crippen LogP contribution is -2.02. The maximum absolute atomic E-state index is 5.57. The van der Waals surface area contributed by atoms with Crippen molar-refractivity contribution in [1.29, 1.82) is 0 Å². The first-order valence-corrected chi connectivity index (χ1v) is 6.37. The van der Waals surface area contributed by atoms with Gasteiger partial charge in [-0.15, -0.1) is 0 Å². The molecule has 0 saturated heterocycles. The molecule has 6 heteroatoms. The predicted octanol–water partition coefficient (Wildman–Crippen LogP) is 1.64. The van der Waals surface area contributed by atoms with Crippen molar-refractivity contribution in [2.75, 3.05) is 6.54 Å². The molecule has 20 heavy (non-hydrogen) atoms. The molecule has 6 nitrogen and oxygen atoms in total. The Bertz CT molecular complexity index is 716. The molecule has 0 saturated carbocycles. The Morgan fingerprint density at radius 2 is 2.25 bits per heavy atom.